The number of phenolic OH excluding ortho intramolecular Hbond substituents is 1. The van der Waals surface area contributed by atoms with Crippen LogP contribution < -0.4 is 10.6 Å². The van der Waals surface area contributed by atoms with Gasteiger partial charge in [-0.2, -0.15) is 5.10 Å². The number of carbonyl (C=O) groups excluding carboxylic acids is 1. The number of ether oxygens (including phenoxy) is 1. The first-order chi connectivity index (χ1) is 11.3. The summed E-state index contributed by atoms with van der Waals surface area (Å²) in [5, 5.41) is 22.6. The monoisotopic (exact) mass is 352 g/mol. The van der Waals surface area contributed by atoms with Crippen LogP contribution in [0.1, 0.15) is 31.9 Å². The molecule has 0 unspecified atom stereocenters. The van der Waals surface area contributed by atoms with E-state index in [4.69, 9.17) is 16.3 Å². The first-order valence-electron chi connectivity index (χ1n) is 7.45. The molecule has 4 N–H and O–H groups in total. The van der Waals surface area contributed by atoms with Crippen molar-refractivity contribution in [3.8, 4) is 5.75 Å². The quantitative estimate of drug-likeness (QED) is 0.661. The number of amides is 1. The highest BCUT2D eigenvalue weighted by molar-refractivity contribution is 6.32. The molecule has 0 saturated heterocycles. The Balaban J connectivity index is 1.91. The lowest BCUT2D eigenvalue weighted by Crippen LogP contribution is -2.27. The van der Waals surface area contributed by atoms with Crippen LogP contribution in [0.5, 0.6) is 5.75 Å². The molecule has 0 aliphatic rings. The van der Waals surface area contributed by atoms with Gasteiger partial charge in [-0.05, 0) is 26.8 Å². The number of aromatic amines is 1. The molecule has 0 aliphatic carbocycles. The Morgan fingerprint density at radius 3 is 2.75 bits per heavy atom. The van der Waals surface area contributed by atoms with Gasteiger partial charge in [0, 0.05) is 24.2 Å². The summed E-state index contributed by atoms with van der Waals surface area (Å²) < 4.78 is 5.20. The number of phenols is 1. The third-order valence-electron chi connectivity index (χ3n) is 3.05. The van der Waals surface area contributed by atoms with Gasteiger partial charge >= 0.3 is 6.09 Å². The summed E-state index contributed by atoms with van der Waals surface area (Å²) in [7, 11) is 0. The number of anilines is 1. The number of aromatic nitrogens is 2. The molecule has 1 amide bonds. The molecule has 1 aromatic heterocycles. The smallest absolute Gasteiger partial charge is 0.413 e. The summed E-state index contributed by atoms with van der Waals surface area (Å²) in [6.07, 6.45) is 1.05. The summed E-state index contributed by atoms with van der Waals surface area (Å²) in [6.45, 7) is 6.23. The Morgan fingerprint density at radius 2 is 2.04 bits per heavy atom. The fourth-order valence-electron chi connectivity index (χ4n) is 1.99. The fraction of sp³-hybridized carbons (Fsp3) is 0.375. The molecule has 0 bridgehead atoms. The molecule has 130 valence electrons. The Hall–Kier alpha value is -2.25. The normalized spacial score (nSPS) is 11.3. The van der Waals surface area contributed by atoms with E-state index < -0.39 is 11.7 Å². The Kier molecular flexibility index (Phi) is 5.69. The third kappa shape index (κ3) is 5.14. The molecule has 0 saturated carbocycles. The van der Waals surface area contributed by atoms with Crippen LogP contribution in [0.3, 0.4) is 0 Å². The summed E-state index contributed by atoms with van der Waals surface area (Å²) in [5.74, 6) is 0.526. The zero-order valence-corrected chi connectivity index (χ0v) is 14.6. The van der Waals surface area contributed by atoms with Crippen molar-refractivity contribution in [2.75, 3.05) is 5.32 Å². The van der Waals surface area contributed by atoms with Gasteiger partial charge < -0.3 is 15.2 Å². The molecular weight excluding hydrogens is 332 g/mol. The second-order valence-electron chi connectivity index (χ2n) is 6.25. The average Bonchev–Trinajstić information content (AvgIpc) is 2.88. The lowest BCUT2D eigenvalue weighted by molar-refractivity contribution is 0.0635. The molecule has 0 atom stereocenters. The van der Waals surface area contributed by atoms with Crippen molar-refractivity contribution < 1.29 is 14.6 Å². The number of benzene rings is 1. The Labute approximate surface area is 145 Å². The molecule has 2 aromatic rings. The summed E-state index contributed by atoms with van der Waals surface area (Å²) in [4.78, 5) is 11.8. The maximum Gasteiger partial charge on any atom is 0.413 e. The number of hydrogen-bond donors (Lipinski definition) is 4. The lowest BCUT2D eigenvalue weighted by Gasteiger charge is -2.19. The van der Waals surface area contributed by atoms with E-state index in [-0.39, 0.29) is 5.75 Å². The number of aromatic hydroxyl groups is 1. The third-order valence-corrected chi connectivity index (χ3v) is 3.35. The van der Waals surface area contributed by atoms with Gasteiger partial charge in [-0.1, -0.05) is 23.7 Å². The highest BCUT2D eigenvalue weighted by atomic mass is 35.5. The molecule has 24 heavy (non-hydrogen) atoms. The molecule has 8 heteroatoms. The highest BCUT2D eigenvalue weighted by Gasteiger charge is 2.18. The molecule has 2 rings (SSSR count). The van der Waals surface area contributed by atoms with Crippen LogP contribution in [-0.2, 0) is 17.8 Å². The minimum Gasteiger partial charge on any atom is -0.506 e. The number of nitrogens with one attached hydrogen (secondary N) is 3. The van der Waals surface area contributed by atoms with Gasteiger partial charge in [0.25, 0.3) is 0 Å². The minimum absolute atomic E-state index is 0.0611. The molecule has 7 nitrogen and oxygen atoms in total. The van der Waals surface area contributed by atoms with Crippen molar-refractivity contribution in [1.82, 2.24) is 15.5 Å². The molecule has 0 fully saturated rings. The van der Waals surface area contributed by atoms with Crippen molar-refractivity contribution in [2.24, 2.45) is 0 Å². The van der Waals surface area contributed by atoms with Crippen molar-refractivity contribution >= 4 is 23.5 Å². The molecule has 1 aromatic carbocycles. The zero-order valence-electron chi connectivity index (χ0n) is 13.8. The van der Waals surface area contributed by atoms with Crippen LogP contribution in [0.25, 0.3) is 0 Å². The van der Waals surface area contributed by atoms with Crippen LogP contribution in [0.4, 0.5) is 10.6 Å². The summed E-state index contributed by atoms with van der Waals surface area (Å²) in [5.41, 5.74) is 0.877. The van der Waals surface area contributed by atoms with Gasteiger partial charge in [-0.25, -0.2) is 4.79 Å². The largest absolute Gasteiger partial charge is 0.506 e. The van der Waals surface area contributed by atoms with Gasteiger partial charge in [0.2, 0.25) is 0 Å². The van der Waals surface area contributed by atoms with E-state index in [0.29, 0.717) is 29.5 Å². The predicted octanol–water partition coefficient (Wildman–Crippen LogP) is 3.41. The predicted molar refractivity (Wildman–Crippen MR) is 92.1 cm³/mol. The van der Waals surface area contributed by atoms with Gasteiger partial charge in [0.15, 0.2) is 0 Å². The van der Waals surface area contributed by atoms with E-state index in [2.05, 4.69) is 20.8 Å². The van der Waals surface area contributed by atoms with Gasteiger partial charge in [-0.15, -0.1) is 0 Å². The maximum absolute atomic E-state index is 11.8. The first kappa shape index (κ1) is 18.1. The number of nitrogens with zero attached hydrogens (tertiary/aromatic N) is 1. The van der Waals surface area contributed by atoms with Crippen LogP contribution >= 0.6 is 11.6 Å². The van der Waals surface area contributed by atoms with E-state index in [1.807, 2.05) is 0 Å². The molecule has 0 spiro atoms. The van der Waals surface area contributed by atoms with Crippen LogP contribution in [0.15, 0.2) is 24.4 Å². The molecule has 0 aliphatic heterocycles. The van der Waals surface area contributed by atoms with Crippen LogP contribution in [-0.4, -0.2) is 27.0 Å². The summed E-state index contributed by atoms with van der Waals surface area (Å²) in [6, 6.07) is 5.18. The fourth-order valence-corrected chi connectivity index (χ4v) is 2.19. The van der Waals surface area contributed by atoms with Crippen molar-refractivity contribution in [2.45, 2.75) is 39.5 Å². The second-order valence-corrected chi connectivity index (χ2v) is 6.66. The van der Waals surface area contributed by atoms with E-state index in [0.717, 1.165) is 5.56 Å². The Morgan fingerprint density at radius 1 is 1.33 bits per heavy atom. The van der Waals surface area contributed by atoms with Gasteiger partial charge in [0.1, 0.15) is 17.2 Å². The first-order valence-corrected chi connectivity index (χ1v) is 7.83. The van der Waals surface area contributed by atoms with E-state index in [1.165, 1.54) is 0 Å². The Bertz CT molecular complexity index is 710. The number of halogens is 1. The number of H-pyrrole nitrogens is 1. The lowest BCUT2D eigenvalue weighted by atomic mass is 10.2. The average molecular weight is 353 g/mol. The maximum atomic E-state index is 11.8. The van der Waals surface area contributed by atoms with Crippen LogP contribution in [0.2, 0.25) is 5.02 Å². The van der Waals surface area contributed by atoms with Crippen molar-refractivity contribution in [3.05, 3.63) is 40.5 Å². The highest BCUT2D eigenvalue weighted by Crippen LogP contribution is 2.26. The van der Waals surface area contributed by atoms with Crippen LogP contribution in [0, 0.1) is 0 Å². The van der Waals surface area contributed by atoms with Gasteiger partial charge in [-0.3, -0.25) is 10.4 Å². The van der Waals surface area contributed by atoms with E-state index >= 15 is 0 Å². The molecular formula is C16H21ClN4O3. The number of carbonyl (C=O) groups is 1. The van der Waals surface area contributed by atoms with Crippen molar-refractivity contribution in [3.63, 3.8) is 0 Å². The molecule has 1 heterocycles. The SMILES string of the molecule is CC(C)(C)OC(=O)Nc1[nH]ncc1CNCc1cccc(Cl)c1O. The number of hydrogen-bond acceptors (Lipinski definition) is 5. The topological polar surface area (TPSA) is 99.3 Å². The minimum atomic E-state index is -0.577. The summed E-state index contributed by atoms with van der Waals surface area (Å²) >= 11 is 5.87. The second kappa shape index (κ2) is 7.55. The zero-order chi connectivity index (χ0) is 17.7. The van der Waals surface area contributed by atoms with Crippen molar-refractivity contribution in [1.29, 1.82) is 0 Å². The van der Waals surface area contributed by atoms with Gasteiger partial charge in [0.05, 0.1) is 11.2 Å². The number of rotatable bonds is 5. The van der Waals surface area contributed by atoms with E-state index in [9.17, 15) is 9.90 Å². The number of para-hydroxylation sites is 1. The standard InChI is InChI=1S/C16H21ClN4O3/c1-16(2,3)24-15(23)20-14-11(9-19-21-14)8-18-7-10-5-4-6-12(17)13(10)22/h4-6,9,18,22H,7-8H2,1-3H3,(H2,19,20,21,23). The van der Waals surface area contributed by atoms with E-state index in [1.54, 1.807) is 45.2 Å². The molecule has 0 radical (unpaired) electrons.